The molecule has 0 aromatic carbocycles. The van der Waals surface area contributed by atoms with Crippen molar-refractivity contribution in [1.29, 1.82) is 0 Å². The molecule has 1 amide bonds. The van der Waals surface area contributed by atoms with E-state index in [1.165, 1.54) is 15.6 Å². The predicted octanol–water partition coefficient (Wildman–Crippen LogP) is 1.85. The second-order valence-corrected chi connectivity index (χ2v) is 9.04. The molecule has 1 aromatic heterocycles. The Hall–Kier alpha value is -0.920. The van der Waals surface area contributed by atoms with Crippen LogP contribution in [0.3, 0.4) is 0 Å². The van der Waals surface area contributed by atoms with Crippen LogP contribution in [0.15, 0.2) is 16.3 Å². The number of carbonyl (C=O) groups excluding carboxylic acids is 1. The number of carbonyl (C=O) groups is 1. The van der Waals surface area contributed by atoms with Crippen molar-refractivity contribution in [2.75, 3.05) is 19.6 Å². The van der Waals surface area contributed by atoms with E-state index in [1.54, 1.807) is 12.1 Å². The first-order valence-electron chi connectivity index (χ1n) is 7.25. The Labute approximate surface area is 130 Å². The van der Waals surface area contributed by atoms with Gasteiger partial charge in [-0.1, -0.05) is 13.8 Å². The van der Waals surface area contributed by atoms with Gasteiger partial charge in [0.25, 0.3) is 10.0 Å². The molecule has 1 saturated heterocycles. The lowest BCUT2D eigenvalue weighted by molar-refractivity contribution is -0.120. The van der Waals surface area contributed by atoms with E-state index >= 15 is 0 Å². The molecule has 1 aliphatic heterocycles. The van der Waals surface area contributed by atoms with Gasteiger partial charge in [-0.15, -0.1) is 11.3 Å². The first kappa shape index (κ1) is 16.5. The van der Waals surface area contributed by atoms with Crippen LogP contribution < -0.4 is 5.32 Å². The average Bonchev–Trinajstić information content (AvgIpc) is 3.07. The zero-order valence-electron chi connectivity index (χ0n) is 12.5. The van der Waals surface area contributed by atoms with E-state index in [0.717, 1.165) is 17.7 Å². The molecule has 0 spiro atoms. The second-order valence-electron chi connectivity index (χ2n) is 5.71. The average molecular weight is 330 g/mol. The van der Waals surface area contributed by atoms with Gasteiger partial charge in [-0.05, 0) is 30.9 Å². The van der Waals surface area contributed by atoms with Crippen LogP contribution in [-0.2, 0) is 21.2 Å². The molecule has 0 unspecified atom stereocenters. The smallest absolute Gasteiger partial charge is 0.252 e. The maximum Gasteiger partial charge on any atom is 0.252 e. The van der Waals surface area contributed by atoms with Gasteiger partial charge in [0, 0.05) is 24.5 Å². The van der Waals surface area contributed by atoms with Gasteiger partial charge in [-0.25, -0.2) is 8.42 Å². The van der Waals surface area contributed by atoms with Crippen molar-refractivity contribution in [2.45, 2.75) is 37.3 Å². The highest BCUT2D eigenvalue weighted by molar-refractivity contribution is 7.91. The highest BCUT2D eigenvalue weighted by Gasteiger charge is 2.28. The minimum absolute atomic E-state index is 0.0596. The van der Waals surface area contributed by atoms with E-state index in [-0.39, 0.29) is 12.3 Å². The van der Waals surface area contributed by atoms with Crippen LogP contribution in [0.4, 0.5) is 0 Å². The standard InChI is InChI=1S/C14H22N2O3S2/c1-11(2)10-15-13(17)9-12-5-6-14(20-12)21(18,19)16-7-3-4-8-16/h5-6,11H,3-4,7-10H2,1-2H3,(H,15,17). The van der Waals surface area contributed by atoms with Gasteiger partial charge in [-0.3, -0.25) is 4.79 Å². The van der Waals surface area contributed by atoms with Crippen molar-refractivity contribution in [3.05, 3.63) is 17.0 Å². The lowest BCUT2D eigenvalue weighted by Crippen LogP contribution is -2.28. The molecule has 1 aliphatic rings. The van der Waals surface area contributed by atoms with Crippen LogP contribution >= 0.6 is 11.3 Å². The van der Waals surface area contributed by atoms with Crippen LogP contribution in [0.25, 0.3) is 0 Å². The number of hydrogen-bond donors (Lipinski definition) is 1. The van der Waals surface area contributed by atoms with Gasteiger partial charge in [0.15, 0.2) is 0 Å². The largest absolute Gasteiger partial charge is 0.356 e. The third-order valence-corrected chi connectivity index (χ3v) is 6.79. The normalized spacial score (nSPS) is 16.5. The van der Waals surface area contributed by atoms with E-state index in [4.69, 9.17) is 0 Å². The zero-order valence-corrected chi connectivity index (χ0v) is 14.1. The third-order valence-electron chi connectivity index (χ3n) is 3.34. The molecule has 118 valence electrons. The molecular formula is C14H22N2O3S2. The first-order chi connectivity index (χ1) is 9.89. The summed E-state index contributed by atoms with van der Waals surface area (Å²) in [5, 5.41) is 2.84. The summed E-state index contributed by atoms with van der Waals surface area (Å²) in [4.78, 5) is 12.6. The number of thiophene rings is 1. The Kier molecular flexibility index (Phi) is 5.40. The fourth-order valence-corrected chi connectivity index (χ4v) is 5.21. The van der Waals surface area contributed by atoms with Gasteiger partial charge in [0.05, 0.1) is 6.42 Å². The molecule has 21 heavy (non-hydrogen) atoms. The van der Waals surface area contributed by atoms with Crippen LogP contribution in [0, 0.1) is 5.92 Å². The molecule has 1 aromatic rings. The molecule has 2 rings (SSSR count). The van der Waals surface area contributed by atoms with Crippen molar-refractivity contribution in [1.82, 2.24) is 9.62 Å². The van der Waals surface area contributed by atoms with E-state index < -0.39 is 10.0 Å². The fraction of sp³-hybridized carbons (Fsp3) is 0.643. The molecule has 1 fully saturated rings. The number of rotatable bonds is 6. The molecule has 0 aliphatic carbocycles. The van der Waals surface area contributed by atoms with Crippen LogP contribution in [-0.4, -0.2) is 38.3 Å². The maximum absolute atomic E-state index is 12.4. The van der Waals surface area contributed by atoms with Crippen molar-refractivity contribution in [3.63, 3.8) is 0 Å². The van der Waals surface area contributed by atoms with E-state index in [1.807, 2.05) is 13.8 Å². The van der Waals surface area contributed by atoms with Crippen molar-refractivity contribution in [2.24, 2.45) is 5.92 Å². The van der Waals surface area contributed by atoms with Crippen molar-refractivity contribution >= 4 is 27.3 Å². The van der Waals surface area contributed by atoms with Gasteiger partial charge < -0.3 is 5.32 Å². The van der Waals surface area contributed by atoms with Crippen LogP contribution in [0.5, 0.6) is 0 Å². The monoisotopic (exact) mass is 330 g/mol. The molecule has 5 nitrogen and oxygen atoms in total. The lowest BCUT2D eigenvalue weighted by atomic mass is 10.2. The van der Waals surface area contributed by atoms with Crippen LogP contribution in [0.2, 0.25) is 0 Å². The number of sulfonamides is 1. The van der Waals surface area contributed by atoms with E-state index in [2.05, 4.69) is 5.32 Å². The summed E-state index contributed by atoms with van der Waals surface area (Å²) in [5.41, 5.74) is 0. The minimum Gasteiger partial charge on any atom is -0.356 e. The van der Waals surface area contributed by atoms with Crippen molar-refractivity contribution in [3.8, 4) is 0 Å². The summed E-state index contributed by atoms with van der Waals surface area (Å²) in [5.74, 6) is 0.346. The Morgan fingerprint density at radius 1 is 1.33 bits per heavy atom. The summed E-state index contributed by atoms with van der Waals surface area (Å²) in [6.45, 7) is 5.91. The predicted molar refractivity (Wildman–Crippen MR) is 83.9 cm³/mol. The highest BCUT2D eigenvalue weighted by atomic mass is 32.2. The van der Waals surface area contributed by atoms with Gasteiger partial charge in [0.2, 0.25) is 5.91 Å². The number of nitrogens with one attached hydrogen (secondary N) is 1. The van der Waals surface area contributed by atoms with Gasteiger partial charge >= 0.3 is 0 Å². The number of amides is 1. The Morgan fingerprint density at radius 2 is 2.00 bits per heavy atom. The lowest BCUT2D eigenvalue weighted by Gasteiger charge is -2.13. The highest BCUT2D eigenvalue weighted by Crippen LogP contribution is 2.27. The Balaban J connectivity index is 1.99. The summed E-state index contributed by atoms with van der Waals surface area (Å²) >= 11 is 1.20. The first-order valence-corrected chi connectivity index (χ1v) is 9.51. The summed E-state index contributed by atoms with van der Waals surface area (Å²) in [7, 11) is -3.36. The third kappa shape index (κ3) is 4.28. The summed E-state index contributed by atoms with van der Waals surface area (Å²) < 4.78 is 26.6. The number of hydrogen-bond acceptors (Lipinski definition) is 4. The minimum atomic E-state index is -3.36. The molecule has 1 N–H and O–H groups in total. The fourth-order valence-electron chi connectivity index (χ4n) is 2.19. The Bertz CT molecular complexity index is 587. The topological polar surface area (TPSA) is 66.5 Å². The van der Waals surface area contributed by atoms with E-state index in [0.29, 0.717) is 29.8 Å². The van der Waals surface area contributed by atoms with E-state index in [9.17, 15) is 13.2 Å². The molecule has 0 saturated carbocycles. The quantitative estimate of drug-likeness (QED) is 0.865. The summed E-state index contributed by atoms with van der Waals surface area (Å²) in [6, 6.07) is 3.35. The number of nitrogens with zero attached hydrogens (tertiary/aromatic N) is 1. The van der Waals surface area contributed by atoms with Crippen LogP contribution in [0.1, 0.15) is 31.6 Å². The summed E-state index contributed by atoms with van der Waals surface area (Å²) in [6.07, 6.45) is 2.09. The molecule has 7 heteroatoms. The maximum atomic E-state index is 12.4. The molecule has 2 heterocycles. The van der Waals surface area contributed by atoms with Gasteiger partial charge in [0.1, 0.15) is 4.21 Å². The Morgan fingerprint density at radius 3 is 2.62 bits per heavy atom. The zero-order chi connectivity index (χ0) is 15.5. The SMILES string of the molecule is CC(C)CNC(=O)Cc1ccc(S(=O)(=O)N2CCCC2)s1. The molecule has 0 bridgehead atoms. The molecule has 0 atom stereocenters. The molecular weight excluding hydrogens is 308 g/mol. The van der Waals surface area contributed by atoms with Crippen molar-refractivity contribution < 1.29 is 13.2 Å². The van der Waals surface area contributed by atoms with Gasteiger partial charge in [-0.2, -0.15) is 4.31 Å². The molecule has 0 radical (unpaired) electrons. The second kappa shape index (κ2) is 6.89.